The molecule has 1 aliphatic heterocycles. The topological polar surface area (TPSA) is 154 Å². The number of hydrogen-bond acceptors (Lipinski definition) is 8. The highest BCUT2D eigenvalue weighted by molar-refractivity contribution is 6.14. The minimum atomic E-state index is -0.586. The molecule has 194 valence electrons. The summed E-state index contributed by atoms with van der Waals surface area (Å²) >= 11 is 0. The van der Waals surface area contributed by atoms with Crippen LogP contribution in [0.4, 0.5) is 21.1 Å². The summed E-state index contributed by atoms with van der Waals surface area (Å²) in [6, 6.07) is 8.20. The number of H-pyrrole nitrogens is 1. The summed E-state index contributed by atoms with van der Waals surface area (Å²) < 4.78 is 15.8. The van der Waals surface area contributed by atoms with Gasteiger partial charge in [0.15, 0.2) is 5.65 Å². The Kier molecular flexibility index (Phi) is 5.21. The molecule has 2 aliphatic rings. The van der Waals surface area contributed by atoms with E-state index in [1.165, 1.54) is 18.2 Å². The Morgan fingerprint density at radius 1 is 1.10 bits per heavy atom. The van der Waals surface area contributed by atoms with Crippen molar-refractivity contribution < 1.29 is 14.0 Å². The van der Waals surface area contributed by atoms with E-state index >= 15 is 0 Å². The molecule has 0 atom stereocenters. The summed E-state index contributed by atoms with van der Waals surface area (Å²) in [4.78, 5) is 40.3. The SMILES string of the molecule is O=C1NC(=O)/C(=C/c2cnn3c(NC4CC4)nc(NCc4ccc(F)cc4-c4cnc5[nH]ccc5c4)nc23)N1. The molecule has 0 spiro atoms. The maximum Gasteiger partial charge on any atom is 0.326 e. The van der Waals surface area contributed by atoms with Gasteiger partial charge in [-0.1, -0.05) is 6.07 Å². The van der Waals surface area contributed by atoms with Crippen LogP contribution in [0, 0.1) is 5.82 Å². The van der Waals surface area contributed by atoms with Crippen molar-refractivity contribution in [2.45, 2.75) is 25.4 Å². The van der Waals surface area contributed by atoms with E-state index in [1.54, 1.807) is 23.0 Å². The number of carbonyl (C=O) groups is 2. The van der Waals surface area contributed by atoms with Gasteiger partial charge in [0.1, 0.15) is 17.2 Å². The molecule has 0 unspecified atom stereocenters. The number of rotatable bonds is 7. The van der Waals surface area contributed by atoms with Gasteiger partial charge in [-0.15, -0.1) is 0 Å². The molecule has 1 aliphatic carbocycles. The summed E-state index contributed by atoms with van der Waals surface area (Å²) in [5.41, 5.74) is 4.14. The van der Waals surface area contributed by atoms with Crippen molar-refractivity contribution >= 4 is 46.6 Å². The minimum absolute atomic E-state index is 0.101. The average Bonchev–Trinajstić information content (AvgIpc) is 3.31. The van der Waals surface area contributed by atoms with Crippen molar-refractivity contribution in [2.24, 2.45) is 0 Å². The summed E-state index contributed by atoms with van der Waals surface area (Å²) in [5, 5.41) is 16.6. The molecule has 0 radical (unpaired) electrons. The molecular formula is C26H21FN10O2. The summed E-state index contributed by atoms with van der Waals surface area (Å²) in [7, 11) is 0. The first-order valence-corrected chi connectivity index (χ1v) is 12.3. The van der Waals surface area contributed by atoms with Gasteiger partial charge in [-0.3, -0.25) is 10.1 Å². The number of nitrogens with zero attached hydrogens (tertiary/aromatic N) is 5. The number of imide groups is 1. The van der Waals surface area contributed by atoms with Crippen molar-refractivity contribution in [1.29, 1.82) is 0 Å². The van der Waals surface area contributed by atoms with E-state index in [9.17, 15) is 14.0 Å². The smallest absolute Gasteiger partial charge is 0.326 e. The third-order valence-electron chi connectivity index (χ3n) is 6.55. The third-order valence-corrected chi connectivity index (χ3v) is 6.55. The Morgan fingerprint density at radius 3 is 2.82 bits per heavy atom. The molecule has 3 amide bonds. The van der Waals surface area contributed by atoms with Crippen molar-refractivity contribution in [2.75, 3.05) is 10.6 Å². The molecule has 0 bridgehead atoms. The molecule has 39 heavy (non-hydrogen) atoms. The van der Waals surface area contributed by atoms with Crippen LogP contribution < -0.4 is 21.3 Å². The lowest BCUT2D eigenvalue weighted by Gasteiger charge is -2.13. The van der Waals surface area contributed by atoms with Gasteiger partial charge in [0.05, 0.1) is 6.20 Å². The van der Waals surface area contributed by atoms with E-state index in [2.05, 4.69) is 46.3 Å². The molecule has 13 heteroatoms. The highest BCUT2D eigenvalue weighted by Crippen LogP contribution is 2.29. The van der Waals surface area contributed by atoms with E-state index in [4.69, 9.17) is 0 Å². The minimum Gasteiger partial charge on any atom is -0.351 e. The van der Waals surface area contributed by atoms with Crippen LogP contribution in [0.1, 0.15) is 24.0 Å². The van der Waals surface area contributed by atoms with E-state index < -0.39 is 11.9 Å². The second kappa shape index (κ2) is 8.90. The fourth-order valence-corrected chi connectivity index (χ4v) is 4.45. The number of hydrogen-bond donors (Lipinski definition) is 5. The zero-order chi connectivity index (χ0) is 26.5. The fourth-order valence-electron chi connectivity index (χ4n) is 4.45. The van der Waals surface area contributed by atoms with Crippen LogP contribution in [0.2, 0.25) is 0 Å². The zero-order valence-electron chi connectivity index (χ0n) is 20.3. The first kappa shape index (κ1) is 22.8. The number of aromatic nitrogens is 6. The van der Waals surface area contributed by atoms with Gasteiger partial charge in [-0.2, -0.15) is 19.6 Å². The van der Waals surface area contributed by atoms with Gasteiger partial charge >= 0.3 is 6.03 Å². The van der Waals surface area contributed by atoms with Crippen LogP contribution in [0.15, 0.2) is 54.6 Å². The Morgan fingerprint density at radius 2 is 2.00 bits per heavy atom. The fraction of sp³-hybridized carbons (Fsp3) is 0.154. The summed E-state index contributed by atoms with van der Waals surface area (Å²) in [6.07, 6.45) is 8.64. The number of halogens is 1. The van der Waals surface area contributed by atoms with Gasteiger partial charge in [0.25, 0.3) is 5.91 Å². The molecule has 2 fully saturated rings. The van der Waals surface area contributed by atoms with Crippen LogP contribution in [-0.4, -0.2) is 47.5 Å². The van der Waals surface area contributed by atoms with Crippen LogP contribution in [0.25, 0.3) is 33.9 Å². The van der Waals surface area contributed by atoms with E-state index in [1.807, 2.05) is 18.3 Å². The standard InChI is InChI=1S/C26H21FN10O2/c27-17-2-1-14(19(9-17)15-7-13-5-6-28-21(13)29-11-15)10-30-24-34-22-16(8-20-23(38)35-26(39)33-20)12-31-37(22)25(36-24)32-18-3-4-18/h1-2,5-9,11-12,18H,3-4,10H2,(H,28,29)(H2,30,32,34,36)(H2,33,35,38,39)/b20-8-. The lowest BCUT2D eigenvalue weighted by Crippen LogP contribution is -2.22. The number of aromatic amines is 1. The monoisotopic (exact) mass is 524 g/mol. The van der Waals surface area contributed by atoms with Gasteiger partial charge in [-0.25, -0.2) is 14.2 Å². The molecule has 1 saturated heterocycles. The predicted molar refractivity (Wildman–Crippen MR) is 141 cm³/mol. The van der Waals surface area contributed by atoms with Crippen molar-refractivity contribution in [1.82, 2.24) is 40.2 Å². The highest BCUT2D eigenvalue weighted by Gasteiger charge is 2.26. The van der Waals surface area contributed by atoms with Crippen LogP contribution in [-0.2, 0) is 11.3 Å². The van der Waals surface area contributed by atoms with E-state index in [0.717, 1.165) is 35.0 Å². The van der Waals surface area contributed by atoms with Gasteiger partial charge in [0.2, 0.25) is 11.9 Å². The van der Waals surface area contributed by atoms with Crippen LogP contribution in [0.5, 0.6) is 0 Å². The Labute approximate surface area is 219 Å². The maximum absolute atomic E-state index is 14.3. The van der Waals surface area contributed by atoms with Crippen molar-refractivity contribution in [3.63, 3.8) is 0 Å². The van der Waals surface area contributed by atoms with Gasteiger partial charge in [0, 0.05) is 41.5 Å². The Hall–Kier alpha value is -5.33. The lowest BCUT2D eigenvalue weighted by atomic mass is 10.00. The number of anilines is 2. The third kappa shape index (κ3) is 4.39. The molecule has 12 nitrogen and oxygen atoms in total. The quantitative estimate of drug-likeness (QED) is 0.161. The molecule has 1 aromatic carbocycles. The predicted octanol–water partition coefficient (Wildman–Crippen LogP) is 3.17. The Bertz CT molecular complexity index is 1820. The number of carbonyl (C=O) groups excluding carboxylic acids is 2. The number of pyridine rings is 1. The first-order valence-electron chi connectivity index (χ1n) is 12.3. The second-order valence-electron chi connectivity index (χ2n) is 9.39. The molecule has 5 heterocycles. The lowest BCUT2D eigenvalue weighted by molar-refractivity contribution is -0.115. The molecular weight excluding hydrogens is 503 g/mol. The molecule has 1 saturated carbocycles. The number of urea groups is 1. The molecule has 5 aromatic rings. The summed E-state index contributed by atoms with van der Waals surface area (Å²) in [6.45, 7) is 0.308. The van der Waals surface area contributed by atoms with Crippen LogP contribution >= 0.6 is 0 Å². The summed E-state index contributed by atoms with van der Waals surface area (Å²) in [5.74, 6) is -0.0630. The number of fused-ring (bicyclic) bond motifs is 2. The van der Waals surface area contributed by atoms with Crippen molar-refractivity contribution in [3.8, 4) is 11.1 Å². The van der Waals surface area contributed by atoms with E-state index in [-0.39, 0.29) is 11.5 Å². The molecule has 5 N–H and O–H groups in total. The number of amides is 3. The molecule has 7 rings (SSSR count). The largest absolute Gasteiger partial charge is 0.351 e. The van der Waals surface area contributed by atoms with Gasteiger partial charge in [-0.05, 0) is 54.3 Å². The maximum atomic E-state index is 14.3. The molecule has 4 aromatic heterocycles. The number of nitrogens with one attached hydrogen (secondary N) is 5. The first-order chi connectivity index (χ1) is 19.0. The second-order valence-corrected chi connectivity index (χ2v) is 9.39. The van der Waals surface area contributed by atoms with Gasteiger partial charge < -0.3 is 20.9 Å². The Balaban J connectivity index is 1.23. The average molecular weight is 525 g/mol. The number of benzene rings is 1. The van der Waals surface area contributed by atoms with Crippen molar-refractivity contribution in [3.05, 3.63) is 71.6 Å². The zero-order valence-corrected chi connectivity index (χ0v) is 20.3. The van der Waals surface area contributed by atoms with Crippen LogP contribution in [0.3, 0.4) is 0 Å². The highest BCUT2D eigenvalue weighted by atomic mass is 19.1. The van der Waals surface area contributed by atoms with E-state index in [0.29, 0.717) is 41.3 Å². The normalized spacial score (nSPS) is 16.2.